The van der Waals surface area contributed by atoms with Crippen molar-refractivity contribution in [2.45, 2.75) is 13.0 Å². The number of carbonyl (C=O) groups excluding carboxylic acids is 1. The fraction of sp³-hybridized carbons (Fsp3) is 0.278. The molecule has 0 aliphatic rings. The molecule has 2 rings (SSSR count). The molecule has 0 saturated heterocycles. The van der Waals surface area contributed by atoms with Crippen molar-refractivity contribution in [1.82, 2.24) is 0 Å². The maximum Gasteiger partial charge on any atom is 0.228 e. The van der Waals surface area contributed by atoms with E-state index in [0.717, 1.165) is 17.0 Å². The third-order valence-corrected chi connectivity index (χ3v) is 3.50. The van der Waals surface area contributed by atoms with Gasteiger partial charge in [-0.15, -0.1) is 0 Å². The molecule has 122 valence electrons. The summed E-state index contributed by atoms with van der Waals surface area (Å²) in [5.74, 6) is 1.45. The molecule has 0 radical (unpaired) electrons. The summed E-state index contributed by atoms with van der Waals surface area (Å²) in [5.41, 5.74) is 7.32. The fourth-order valence-corrected chi connectivity index (χ4v) is 2.31. The lowest BCUT2D eigenvalue weighted by Crippen LogP contribution is -2.31. The van der Waals surface area contributed by atoms with Crippen LogP contribution in [0.3, 0.4) is 0 Å². The van der Waals surface area contributed by atoms with Crippen LogP contribution in [0.5, 0.6) is 11.5 Å². The summed E-state index contributed by atoms with van der Waals surface area (Å²) in [6.45, 7) is 0.764. The molecule has 23 heavy (non-hydrogen) atoms. The van der Waals surface area contributed by atoms with Gasteiger partial charge in [-0.1, -0.05) is 18.2 Å². The zero-order valence-electron chi connectivity index (χ0n) is 13.5. The van der Waals surface area contributed by atoms with Gasteiger partial charge < -0.3 is 20.1 Å². The molecule has 0 heterocycles. The van der Waals surface area contributed by atoms with E-state index >= 15 is 0 Å². The van der Waals surface area contributed by atoms with E-state index in [9.17, 15) is 4.79 Å². The molecule has 0 aliphatic heterocycles. The molecule has 0 bridgehead atoms. The number of amides is 1. The summed E-state index contributed by atoms with van der Waals surface area (Å²) in [5, 5.41) is 0. The van der Waals surface area contributed by atoms with Crippen molar-refractivity contribution >= 4 is 11.6 Å². The van der Waals surface area contributed by atoms with Gasteiger partial charge in [0.1, 0.15) is 11.5 Å². The molecule has 0 atom stereocenters. The van der Waals surface area contributed by atoms with Gasteiger partial charge in [-0.2, -0.15) is 0 Å². The summed E-state index contributed by atoms with van der Waals surface area (Å²) in [4.78, 5) is 14.2. The van der Waals surface area contributed by atoms with Crippen LogP contribution in [0.2, 0.25) is 0 Å². The number of ether oxygens (including phenoxy) is 2. The summed E-state index contributed by atoms with van der Waals surface area (Å²) in [7, 11) is 3.23. The SMILES string of the molecule is COc1cccc(CN(C(=O)CCN)c2cccc(OC)c2)c1. The van der Waals surface area contributed by atoms with Gasteiger partial charge in [-0.3, -0.25) is 4.79 Å². The first-order chi connectivity index (χ1) is 11.2. The van der Waals surface area contributed by atoms with Gasteiger partial charge in [-0.05, 0) is 29.8 Å². The fourth-order valence-electron chi connectivity index (χ4n) is 2.31. The Hall–Kier alpha value is -2.53. The molecule has 0 unspecified atom stereocenters. The first-order valence-electron chi connectivity index (χ1n) is 7.45. The number of hydrogen-bond donors (Lipinski definition) is 1. The smallest absolute Gasteiger partial charge is 0.228 e. The van der Waals surface area contributed by atoms with E-state index in [1.54, 1.807) is 19.1 Å². The van der Waals surface area contributed by atoms with Gasteiger partial charge in [0.15, 0.2) is 0 Å². The summed E-state index contributed by atoms with van der Waals surface area (Å²) >= 11 is 0. The predicted octanol–water partition coefficient (Wildman–Crippen LogP) is 2.59. The number of carbonyl (C=O) groups is 1. The minimum absolute atomic E-state index is 0.0245. The van der Waals surface area contributed by atoms with Gasteiger partial charge >= 0.3 is 0 Å². The minimum atomic E-state index is -0.0245. The number of rotatable bonds is 7. The van der Waals surface area contributed by atoms with Crippen LogP contribution in [0.4, 0.5) is 5.69 Å². The third kappa shape index (κ3) is 4.47. The largest absolute Gasteiger partial charge is 0.497 e. The van der Waals surface area contributed by atoms with Crippen LogP contribution in [0.1, 0.15) is 12.0 Å². The minimum Gasteiger partial charge on any atom is -0.497 e. The van der Waals surface area contributed by atoms with Crippen molar-refractivity contribution < 1.29 is 14.3 Å². The molecule has 0 saturated carbocycles. The number of nitrogens with two attached hydrogens (primary N) is 1. The van der Waals surface area contributed by atoms with Crippen molar-refractivity contribution in [2.24, 2.45) is 5.73 Å². The number of benzene rings is 2. The Balaban J connectivity index is 2.31. The van der Waals surface area contributed by atoms with E-state index in [2.05, 4.69) is 0 Å². The normalized spacial score (nSPS) is 10.2. The maximum absolute atomic E-state index is 12.5. The Kier molecular flexibility index (Phi) is 6.00. The highest BCUT2D eigenvalue weighted by atomic mass is 16.5. The van der Waals surface area contributed by atoms with Gasteiger partial charge in [0, 0.05) is 24.7 Å². The molecule has 2 aromatic rings. The second-order valence-electron chi connectivity index (χ2n) is 5.07. The summed E-state index contributed by atoms with van der Waals surface area (Å²) in [6, 6.07) is 15.1. The molecule has 0 spiro atoms. The Labute approximate surface area is 136 Å². The number of nitrogens with zero attached hydrogens (tertiary/aromatic N) is 1. The number of methoxy groups -OCH3 is 2. The third-order valence-electron chi connectivity index (χ3n) is 3.50. The first-order valence-corrected chi connectivity index (χ1v) is 7.45. The first kappa shape index (κ1) is 16.8. The molecular weight excluding hydrogens is 292 g/mol. The summed E-state index contributed by atoms with van der Waals surface area (Å²) < 4.78 is 10.5. The molecule has 0 aliphatic carbocycles. The van der Waals surface area contributed by atoms with E-state index in [4.69, 9.17) is 15.2 Å². The molecule has 2 aromatic carbocycles. The Morgan fingerprint density at radius 2 is 1.70 bits per heavy atom. The van der Waals surface area contributed by atoms with E-state index in [0.29, 0.717) is 25.3 Å². The topological polar surface area (TPSA) is 64.8 Å². The molecule has 5 heteroatoms. The van der Waals surface area contributed by atoms with Crippen molar-refractivity contribution in [3.8, 4) is 11.5 Å². The van der Waals surface area contributed by atoms with Crippen molar-refractivity contribution in [3.05, 3.63) is 54.1 Å². The monoisotopic (exact) mass is 314 g/mol. The average molecular weight is 314 g/mol. The van der Waals surface area contributed by atoms with Gasteiger partial charge in [-0.25, -0.2) is 0 Å². The number of hydrogen-bond acceptors (Lipinski definition) is 4. The molecular formula is C18H22N2O3. The van der Waals surface area contributed by atoms with Gasteiger partial charge in [0.25, 0.3) is 0 Å². The predicted molar refractivity (Wildman–Crippen MR) is 90.8 cm³/mol. The molecule has 1 amide bonds. The van der Waals surface area contributed by atoms with Crippen LogP contribution >= 0.6 is 0 Å². The van der Waals surface area contributed by atoms with Crippen LogP contribution in [-0.4, -0.2) is 26.7 Å². The lowest BCUT2D eigenvalue weighted by molar-refractivity contribution is -0.118. The quantitative estimate of drug-likeness (QED) is 0.853. The Morgan fingerprint density at radius 3 is 2.35 bits per heavy atom. The van der Waals surface area contributed by atoms with Crippen LogP contribution in [0, 0.1) is 0 Å². The highest BCUT2D eigenvalue weighted by molar-refractivity contribution is 5.93. The van der Waals surface area contributed by atoms with Crippen LogP contribution in [0.25, 0.3) is 0 Å². The highest BCUT2D eigenvalue weighted by Crippen LogP contribution is 2.24. The zero-order chi connectivity index (χ0) is 16.7. The molecule has 0 aromatic heterocycles. The average Bonchev–Trinajstić information content (AvgIpc) is 2.60. The lowest BCUT2D eigenvalue weighted by atomic mass is 10.1. The van der Waals surface area contributed by atoms with E-state index in [1.165, 1.54) is 0 Å². The van der Waals surface area contributed by atoms with Crippen molar-refractivity contribution in [3.63, 3.8) is 0 Å². The summed E-state index contributed by atoms with van der Waals surface area (Å²) in [6.07, 6.45) is 0.293. The van der Waals surface area contributed by atoms with E-state index in [-0.39, 0.29) is 5.91 Å². The molecule has 2 N–H and O–H groups in total. The van der Waals surface area contributed by atoms with Crippen molar-refractivity contribution in [2.75, 3.05) is 25.7 Å². The van der Waals surface area contributed by atoms with Crippen LogP contribution in [0.15, 0.2) is 48.5 Å². The molecule has 5 nitrogen and oxygen atoms in total. The second-order valence-corrected chi connectivity index (χ2v) is 5.07. The van der Waals surface area contributed by atoms with Crippen LogP contribution < -0.4 is 20.1 Å². The zero-order valence-corrected chi connectivity index (χ0v) is 13.5. The van der Waals surface area contributed by atoms with Gasteiger partial charge in [0.05, 0.1) is 20.8 Å². The number of anilines is 1. The van der Waals surface area contributed by atoms with Crippen molar-refractivity contribution in [1.29, 1.82) is 0 Å². The maximum atomic E-state index is 12.5. The Morgan fingerprint density at radius 1 is 1.04 bits per heavy atom. The highest BCUT2D eigenvalue weighted by Gasteiger charge is 2.16. The Bertz CT molecular complexity index is 658. The standard InChI is InChI=1S/C18H22N2O3/c1-22-16-7-3-5-14(11-16)13-20(18(21)9-10-19)15-6-4-8-17(12-15)23-2/h3-8,11-12H,9-10,13,19H2,1-2H3. The van der Waals surface area contributed by atoms with Gasteiger partial charge in [0.2, 0.25) is 5.91 Å². The van der Waals surface area contributed by atoms with Crippen LogP contribution in [-0.2, 0) is 11.3 Å². The lowest BCUT2D eigenvalue weighted by Gasteiger charge is -2.23. The second kappa shape index (κ2) is 8.19. The van der Waals surface area contributed by atoms with E-state index in [1.807, 2.05) is 48.5 Å². The molecule has 0 fully saturated rings. The van der Waals surface area contributed by atoms with E-state index < -0.39 is 0 Å².